The number of aromatic nitrogens is 2. The maximum absolute atomic E-state index is 13.5. The maximum atomic E-state index is 13.5. The van der Waals surface area contributed by atoms with Crippen LogP contribution in [0.25, 0.3) is 0 Å². The molecule has 0 atom stereocenters. The minimum atomic E-state index is -4.51. The lowest BCUT2D eigenvalue weighted by Crippen LogP contribution is -2.11. The molecule has 0 aliphatic heterocycles. The summed E-state index contributed by atoms with van der Waals surface area (Å²) < 4.78 is 63.8. The van der Waals surface area contributed by atoms with Crippen molar-refractivity contribution in [2.45, 2.75) is 16.2 Å². The van der Waals surface area contributed by atoms with Gasteiger partial charge in [-0.25, -0.2) is 24.6 Å². The Morgan fingerprint density at radius 1 is 1.14 bits per heavy atom. The highest BCUT2D eigenvalue weighted by atomic mass is 32.2. The Hall–Kier alpha value is -1.94. The van der Waals surface area contributed by atoms with Crippen LogP contribution in [0.3, 0.4) is 0 Å². The quantitative estimate of drug-likeness (QED) is 0.516. The summed E-state index contributed by atoms with van der Waals surface area (Å²) in [5, 5.41) is -0.194. The molecule has 2 aromatic rings. The molecule has 0 unspecified atom stereocenters. The molecule has 0 radical (unpaired) electrons. The second-order valence-electron chi connectivity index (χ2n) is 3.74. The maximum Gasteiger partial charge on any atom is 0.417 e. The van der Waals surface area contributed by atoms with E-state index in [0.717, 1.165) is 12.1 Å². The number of alkyl halides is 3. The van der Waals surface area contributed by atoms with Crippen LogP contribution >= 0.6 is 11.8 Å². The lowest BCUT2D eigenvalue weighted by atomic mass is 10.3. The molecule has 0 fully saturated rings. The zero-order valence-electron chi connectivity index (χ0n) is 10.1. The third-order valence-corrected chi connectivity index (χ3v) is 3.23. The van der Waals surface area contributed by atoms with Crippen molar-refractivity contribution in [1.82, 2.24) is 9.97 Å². The summed E-state index contributed by atoms with van der Waals surface area (Å²) in [6.07, 6.45) is -3.89. The molecule has 112 valence electrons. The average Bonchev–Trinajstić information content (AvgIpc) is 2.41. The standard InChI is InChI=1S/C11H7F5N4S/c12-6-3-7(13)10(19-9(6)20-17)21-8-2-1-5(4-18-8)11(14,15)16/h1-4H,17H2,(H,19,20). The van der Waals surface area contributed by atoms with Crippen LogP contribution in [-0.4, -0.2) is 9.97 Å². The molecule has 4 nitrogen and oxygen atoms in total. The predicted octanol–water partition coefficient (Wildman–Crippen LogP) is 3.21. The molecule has 0 spiro atoms. The van der Waals surface area contributed by atoms with Gasteiger partial charge in [-0.1, -0.05) is 0 Å². The van der Waals surface area contributed by atoms with Gasteiger partial charge in [0.25, 0.3) is 0 Å². The van der Waals surface area contributed by atoms with Gasteiger partial charge in [-0.15, -0.1) is 0 Å². The summed E-state index contributed by atoms with van der Waals surface area (Å²) in [6, 6.07) is 2.43. The first-order valence-corrected chi connectivity index (χ1v) is 6.16. The first kappa shape index (κ1) is 15.4. The zero-order valence-corrected chi connectivity index (χ0v) is 10.9. The van der Waals surface area contributed by atoms with E-state index in [1.165, 1.54) is 0 Å². The van der Waals surface area contributed by atoms with Crippen molar-refractivity contribution in [3.8, 4) is 0 Å². The number of hydrazine groups is 1. The van der Waals surface area contributed by atoms with Gasteiger partial charge in [0.2, 0.25) is 0 Å². The number of nitrogen functional groups attached to an aromatic ring is 1. The van der Waals surface area contributed by atoms with Gasteiger partial charge in [0.05, 0.1) is 5.56 Å². The van der Waals surface area contributed by atoms with Crippen molar-refractivity contribution in [3.63, 3.8) is 0 Å². The Labute approximate surface area is 119 Å². The smallest absolute Gasteiger partial charge is 0.306 e. The predicted molar refractivity (Wildman–Crippen MR) is 65.3 cm³/mol. The summed E-state index contributed by atoms with van der Waals surface area (Å²) in [4.78, 5) is 7.12. The highest BCUT2D eigenvalue weighted by Crippen LogP contribution is 2.32. The molecule has 2 aromatic heterocycles. The molecule has 2 rings (SSSR count). The van der Waals surface area contributed by atoms with Gasteiger partial charge in [0.15, 0.2) is 17.5 Å². The normalized spacial score (nSPS) is 11.5. The summed E-state index contributed by atoms with van der Waals surface area (Å²) in [5.74, 6) is 2.66. The number of pyridine rings is 2. The van der Waals surface area contributed by atoms with Gasteiger partial charge in [-0.3, -0.25) is 0 Å². The molecule has 0 amide bonds. The highest BCUT2D eigenvalue weighted by molar-refractivity contribution is 7.99. The van der Waals surface area contributed by atoms with Crippen LogP contribution in [0, 0.1) is 11.6 Å². The summed E-state index contributed by atoms with van der Waals surface area (Å²) in [6.45, 7) is 0. The number of anilines is 1. The minimum Gasteiger partial charge on any atom is -0.306 e. The molecule has 0 bridgehead atoms. The van der Waals surface area contributed by atoms with Gasteiger partial charge >= 0.3 is 6.18 Å². The second kappa shape index (κ2) is 5.82. The molecule has 21 heavy (non-hydrogen) atoms. The van der Waals surface area contributed by atoms with Crippen LogP contribution < -0.4 is 11.3 Å². The van der Waals surface area contributed by atoms with E-state index < -0.39 is 23.4 Å². The Morgan fingerprint density at radius 3 is 2.38 bits per heavy atom. The lowest BCUT2D eigenvalue weighted by Gasteiger charge is -2.08. The van der Waals surface area contributed by atoms with E-state index in [2.05, 4.69) is 9.97 Å². The topological polar surface area (TPSA) is 63.8 Å². The van der Waals surface area contributed by atoms with E-state index in [1.807, 2.05) is 5.43 Å². The number of rotatable bonds is 3. The Kier molecular flexibility index (Phi) is 4.28. The van der Waals surface area contributed by atoms with E-state index >= 15 is 0 Å². The molecule has 0 aliphatic rings. The van der Waals surface area contributed by atoms with E-state index in [-0.39, 0.29) is 15.9 Å². The molecular weight excluding hydrogens is 315 g/mol. The van der Waals surface area contributed by atoms with E-state index in [4.69, 9.17) is 5.84 Å². The second-order valence-corrected chi connectivity index (χ2v) is 4.74. The largest absolute Gasteiger partial charge is 0.417 e. The van der Waals surface area contributed by atoms with E-state index in [1.54, 1.807) is 0 Å². The number of hydrogen-bond donors (Lipinski definition) is 2. The van der Waals surface area contributed by atoms with Crippen molar-refractivity contribution in [2.24, 2.45) is 5.84 Å². The molecule has 0 saturated carbocycles. The fourth-order valence-corrected chi connectivity index (χ4v) is 2.06. The van der Waals surface area contributed by atoms with Gasteiger partial charge < -0.3 is 5.43 Å². The first-order chi connectivity index (χ1) is 9.81. The fourth-order valence-electron chi connectivity index (χ4n) is 1.33. The number of halogens is 5. The van der Waals surface area contributed by atoms with Crippen LogP contribution in [0.15, 0.2) is 34.4 Å². The third kappa shape index (κ3) is 3.58. The Morgan fingerprint density at radius 2 is 1.86 bits per heavy atom. The van der Waals surface area contributed by atoms with Crippen molar-refractivity contribution in [2.75, 3.05) is 5.43 Å². The molecule has 10 heteroatoms. The number of hydrogen-bond acceptors (Lipinski definition) is 5. The van der Waals surface area contributed by atoms with Crippen molar-refractivity contribution in [1.29, 1.82) is 0 Å². The van der Waals surface area contributed by atoms with Gasteiger partial charge in [0, 0.05) is 12.3 Å². The Bertz CT molecular complexity index is 644. The van der Waals surface area contributed by atoms with Crippen LogP contribution in [0.5, 0.6) is 0 Å². The molecule has 3 N–H and O–H groups in total. The molecule has 0 saturated heterocycles. The molecule has 0 aromatic carbocycles. The number of nitrogens with one attached hydrogen (secondary N) is 1. The summed E-state index contributed by atoms with van der Waals surface area (Å²) >= 11 is 0.645. The van der Waals surface area contributed by atoms with Crippen LogP contribution in [0.4, 0.5) is 27.8 Å². The summed E-state index contributed by atoms with van der Waals surface area (Å²) in [7, 11) is 0. The molecule has 0 aliphatic carbocycles. The fraction of sp³-hybridized carbons (Fsp3) is 0.0909. The molecule has 2 heterocycles. The third-order valence-electron chi connectivity index (χ3n) is 2.30. The highest BCUT2D eigenvalue weighted by Gasteiger charge is 2.30. The van der Waals surface area contributed by atoms with Crippen LogP contribution in [0.1, 0.15) is 5.56 Å². The van der Waals surface area contributed by atoms with Crippen LogP contribution in [-0.2, 0) is 6.18 Å². The molecular formula is C11H7F5N4S. The van der Waals surface area contributed by atoms with Crippen LogP contribution in [0.2, 0.25) is 0 Å². The Balaban J connectivity index is 2.26. The SMILES string of the molecule is NNc1nc(Sc2ccc(C(F)(F)F)cn2)c(F)cc1F. The summed E-state index contributed by atoms with van der Waals surface area (Å²) in [5.41, 5.74) is 1.02. The van der Waals surface area contributed by atoms with Crippen molar-refractivity contribution >= 4 is 17.6 Å². The van der Waals surface area contributed by atoms with E-state index in [0.29, 0.717) is 24.0 Å². The van der Waals surface area contributed by atoms with Gasteiger partial charge in [-0.05, 0) is 23.9 Å². The zero-order chi connectivity index (χ0) is 15.6. The monoisotopic (exact) mass is 322 g/mol. The van der Waals surface area contributed by atoms with Gasteiger partial charge in [-0.2, -0.15) is 13.2 Å². The number of nitrogens with zero attached hydrogens (tertiary/aromatic N) is 2. The average molecular weight is 322 g/mol. The van der Waals surface area contributed by atoms with Crippen molar-refractivity contribution < 1.29 is 22.0 Å². The number of nitrogens with two attached hydrogens (primary N) is 1. The van der Waals surface area contributed by atoms with E-state index in [9.17, 15) is 22.0 Å². The first-order valence-electron chi connectivity index (χ1n) is 5.35. The minimum absolute atomic E-state index is 0.0731. The van der Waals surface area contributed by atoms with Gasteiger partial charge in [0.1, 0.15) is 10.1 Å². The van der Waals surface area contributed by atoms with Crippen molar-refractivity contribution in [3.05, 3.63) is 41.6 Å². The lowest BCUT2D eigenvalue weighted by molar-refractivity contribution is -0.137.